The molecule has 0 spiro atoms. The maximum atomic E-state index is 12.7. The number of carbonyl (C=O) groups is 3. The van der Waals surface area contributed by atoms with Crippen LogP contribution in [0.15, 0.2) is 60.8 Å². The minimum Gasteiger partial charge on any atom is -0.477 e. The summed E-state index contributed by atoms with van der Waals surface area (Å²) < 4.78 is 17.2. The van der Waals surface area contributed by atoms with Crippen LogP contribution in [0.1, 0.15) is 162 Å². The largest absolute Gasteiger partial charge is 0.477 e. The Hall–Kier alpha value is -2.97. The molecule has 0 aromatic heterocycles. The topological polar surface area (TPSA) is 99.1 Å². The molecular formula is C46H80NO7+. The average Bonchev–Trinajstić information content (AvgIpc) is 3.12. The van der Waals surface area contributed by atoms with Crippen molar-refractivity contribution in [2.24, 2.45) is 0 Å². The van der Waals surface area contributed by atoms with Crippen LogP contribution in [0.25, 0.3) is 0 Å². The number of carbonyl (C=O) groups excluding carboxylic acids is 2. The molecule has 54 heavy (non-hydrogen) atoms. The molecule has 0 aliphatic carbocycles. The van der Waals surface area contributed by atoms with Gasteiger partial charge >= 0.3 is 17.9 Å². The van der Waals surface area contributed by atoms with Gasteiger partial charge < -0.3 is 23.8 Å². The summed E-state index contributed by atoms with van der Waals surface area (Å²) in [5, 5.41) is 9.61. The van der Waals surface area contributed by atoms with Crippen LogP contribution in [-0.4, -0.2) is 80.6 Å². The van der Waals surface area contributed by atoms with Gasteiger partial charge in [-0.2, -0.15) is 0 Å². The Bertz CT molecular complexity index is 1070. The van der Waals surface area contributed by atoms with Crippen molar-refractivity contribution in [2.75, 3.05) is 41.0 Å². The predicted molar refractivity (Wildman–Crippen MR) is 224 cm³/mol. The second-order valence-corrected chi connectivity index (χ2v) is 15.3. The normalized spacial score (nSPS) is 13.6. The van der Waals surface area contributed by atoms with E-state index in [1.165, 1.54) is 77.0 Å². The van der Waals surface area contributed by atoms with Gasteiger partial charge in [0, 0.05) is 19.3 Å². The number of nitrogens with zero attached hydrogens (tertiary/aromatic N) is 1. The van der Waals surface area contributed by atoms with Crippen molar-refractivity contribution in [2.45, 2.75) is 174 Å². The lowest BCUT2D eigenvalue weighted by Gasteiger charge is -2.31. The zero-order valence-corrected chi connectivity index (χ0v) is 35.2. The molecule has 1 N–H and O–H groups in total. The summed E-state index contributed by atoms with van der Waals surface area (Å²) in [5.74, 6) is -1.52. The highest BCUT2D eigenvalue weighted by atomic mass is 16.6. The maximum absolute atomic E-state index is 12.7. The zero-order valence-electron chi connectivity index (χ0n) is 35.2. The maximum Gasteiger partial charge on any atom is 0.362 e. The van der Waals surface area contributed by atoms with Crippen LogP contribution in [0.4, 0.5) is 0 Å². The summed E-state index contributed by atoms with van der Waals surface area (Å²) in [6.07, 6.45) is 44.0. The third kappa shape index (κ3) is 34.8. The number of unbranched alkanes of at least 4 members (excludes halogenated alkanes) is 17. The van der Waals surface area contributed by atoms with Gasteiger partial charge in [0.15, 0.2) is 12.1 Å². The van der Waals surface area contributed by atoms with E-state index in [1.807, 2.05) is 69.8 Å². The van der Waals surface area contributed by atoms with Crippen LogP contribution in [0.3, 0.4) is 0 Å². The second kappa shape index (κ2) is 37.0. The summed E-state index contributed by atoms with van der Waals surface area (Å²) in [6.45, 7) is 4.54. The number of allylic oxidation sites excluding steroid dienone is 10. The number of likely N-dealkylation sites (N-methyl/N-ethyl adjacent to an activating group) is 1. The number of quaternary nitrogens is 1. The number of aliphatic carboxylic acids is 1. The van der Waals surface area contributed by atoms with Gasteiger partial charge in [-0.1, -0.05) is 171 Å². The Balaban J connectivity index is 4.44. The van der Waals surface area contributed by atoms with Gasteiger partial charge in [0.05, 0.1) is 34.4 Å². The van der Waals surface area contributed by atoms with Crippen LogP contribution in [0, 0.1) is 0 Å². The third-order valence-corrected chi connectivity index (χ3v) is 9.31. The van der Waals surface area contributed by atoms with Gasteiger partial charge in [0.1, 0.15) is 6.61 Å². The molecule has 0 fully saturated rings. The Morgan fingerprint density at radius 2 is 1.04 bits per heavy atom. The molecule has 310 valence electrons. The number of hydrogen-bond acceptors (Lipinski definition) is 6. The Morgan fingerprint density at radius 1 is 0.574 bits per heavy atom. The van der Waals surface area contributed by atoms with Gasteiger partial charge in [-0.3, -0.25) is 9.59 Å². The Morgan fingerprint density at radius 3 is 1.54 bits per heavy atom. The first-order valence-corrected chi connectivity index (χ1v) is 21.4. The minimum absolute atomic E-state index is 0.0428. The molecule has 0 aliphatic rings. The smallest absolute Gasteiger partial charge is 0.362 e. The van der Waals surface area contributed by atoms with Gasteiger partial charge in [0.25, 0.3) is 0 Å². The zero-order chi connectivity index (χ0) is 40.0. The molecule has 0 bridgehead atoms. The van der Waals surface area contributed by atoms with E-state index in [2.05, 4.69) is 26.0 Å². The summed E-state index contributed by atoms with van der Waals surface area (Å²) in [5.41, 5.74) is 0. The molecule has 0 amide bonds. The summed E-state index contributed by atoms with van der Waals surface area (Å²) in [4.78, 5) is 36.9. The fraction of sp³-hybridized carbons (Fsp3) is 0.717. The number of ether oxygens (including phenoxy) is 3. The van der Waals surface area contributed by atoms with E-state index in [4.69, 9.17) is 14.2 Å². The molecule has 8 heteroatoms. The molecule has 0 saturated carbocycles. The number of carboxylic acid groups (broad SMARTS) is 1. The van der Waals surface area contributed by atoms with E-state index < -0.39 is 18.1 Å². The molecule has 2 atom stereocenters. The lowest BCUT2D eigenvalue weighted by atomic mass is 10.0. The van der Waals surface area contributed by atoms with Crippen molar-refractivity contribution in [3.63, 3.8) is 0 Å². The van der Waals surface area contributed by atoms with E-state index in [0.29, 0.717) is 19.3 Å². The molecule has 0 aromatic carbocycles. The van der Waals surface area contributed by atoms with Crippen LogP contribution in [0.5, 0.6) is 0 Å². The molecule has 0 heterocycles. The van der Waals surface area contributed by atoms with Gasteiger partial charge in [-0.05, 0) is 32.1 Å². The molecule has 0 aliphatic heterocycles. The highest BCUT2D eigenvalue weighted by Crippen LogP contribution is 2.15. The number of carboxylic acids is 1. The fourth-order valence-electron chi connectivity index (χ4n) is 5.99. The highest BCUT2D eigenvalue weighted by molar-refractivity contribution is 5.72. The lowest BCUT2D eigenvalue weighted by molar-refractivity contribution is -0.887. The quantitative estimate of drug-likeness (QED) is 0.0291. The van der Waals surface area contributed by atoms with E-state index >= 15 is 0 Å². The SMILES string of the molecule is CC/C=C/C=C/C=C/C=C/C=C/CCCCCC(=O)OC(COCCC(C(=O)O)[N+](C)(C)C)COC(=O)CCCCCCCCCCCCCCCCC. The number of hydrogen-bond donors (Lipinski definition) is 1. The lowest BCUT2D eigenvalue weighted by Crippen LogP contribution is -2.50. The molecule has 0 saturated heterocycles. The van der Waals surface area contributed by atoms with Crippen LogP contribution < -0.4 is 0 Å². The molecule has 0 aromatic rings. The molecule has 8 nitrogen and oxygen atoms in total. The Labute approximate surface area is 330 Å². The standard InChI is InChI=1S/C46H79NO7/c1-6-8-10-12-14-16-18-20-22-24-26-28-30-32-34-36-44(48)53-41-42(40-52-39-38-43(46(50)51)47(3,4)5)54-45(49)37-35-33-31-29-27-25-23-21-19-17-15-13-11-9-7-2/h9,11,13,15,17,19,21,23,25,27,42-43H,6-8,10,12,14,16,18,20,22,24,26,28-41H2,1-5H3/p+1/b11-9+,15-13+,19-17+,23-21+,27-25+. The van der Waals surface area contributed by atoms with Gasteiger partial charge in [-0.25, -0.2) is 4.79 Å². The van der Waals surface area contributed by atoms with Crippen molar-refractivity contribution in [3.05, 3.63) is 60.8 Å². The number of rotatable bonds is 37. The predicted octanol–water partition coefficient (Wildman–Crippen LogP) is 11.4. The monoisotopic (exact) mass is 759 g/mol. The molecule has 0 rings (SSSR count). The van der Waals surface area contributed by atoms with E-state index in [-0.39, 0.29) is 42.7 Å². The summed E-state index contributed by atoms with van der Waals surface area (Å²) in [6, 6.07) is -0.623. The van der Waals surface area contributed by atoms with E-state index in [0.717, 1.165) is 44.9 Å². The van der Waals surface area contributed by atoms with Gasteiger partial charge in [0.2, 0.25) is 0 Å². The van der Waals surface area contributed by atoms with Crippen LogP contribution in [-0.2, 0) is 28.6 Å². The minimum atomic E-state index is -0.884. The first-order valence-electron chi connectivity index (χ1n) is 21.4. The average molecular weight is 759 g/mol. The van der Waals surface area contributed by atoms with E-state index in [1.54, 1.807) is 0 Å². The van der Waals surface area contributed by atoms with Crippen molar-refractivity contribution in [1.29, 1.82) is 0 Å². The summed E-state index contributed by atoms with van der Waals surface area (Å²) in [7, 11) is 5.50. The van der Waals surface area contributed by atoms with Crippen LogP contribution in [0.2, 0.25) is 0 Å². The van der Waals surface area contributed by atoms with Crippen molar-refractivity contribution in [3.8, 4) is 0 Å². The fourth-order valence-corrected chi connectivity index (χ4v) is 5.99. The first-order chi connectivity index (χ1) is 26.1. The van der Waals surface area contributed by atoms with Crippen molar-refractivity contribution in [1.82, 2.24) is 0 Å². The second-order valence-electron chi connectivity index (χ2n) is 15.3. The van der Waals surface area contributed by atoms with Crippen LogP contribution >= 0.6 is 0 Å². The van der Waals surface area contributed by atoms with E-state index in [9.17, 15) is 19.5 Å². The molecule has 2 unspecified atom stereocenters. The number of esters is 2. The van der Waals surface area contributed by atoms with Crippen molar-refractivity contribution < 1.29 is 38.2 Å². The highest BCUT2D eigenvalue weighted by Gasteiger charge is 2.31. The molecule has 0 radical (unpaired) electrons. The Kier molecular flexibility index (Phi) is 34.9. The first kappa shape index (κ1) is 51.0. The van der Waals surface area contributed by atoms with Crippen molar-refractivity contribution >= 4 is 17.9 Å². The van der Waals surface area contributed by atoms with Gasteiger partial charge in [-0.15, -0.1) is 0 Å². The summed E-state index contributed by atoms with van der Waals surface area (Å²) >= 11 is 0. The third-order valence-electron chi connectivity index (χ3n) is 9.31. The molecular weight excluding hydrogens is 679 g/mol.